The number of halogens is 1. The van der Waals surface area contributed by atoms with Crippen LogP contribution in [-0.2, 0) is 6.54 Å². The Morgan fingerprint density at radius 2 is 1.92 bits per heavy atom. The van der Waals surface area contributed by atoms with Crippen molar-refractivity contribution >= 4 is 11.5 Å². The van der Waals surface area contributed by atoms with Crippen LogP contribution in [0.25, 0.3) is 0 Å². The second kappa shape index (κ2) is 7.23. The summed E-state index contributed by atoms with van der Waals surface area (Å²) in [5.41, 5.74) is 1.05. The number of hydrogen-bond donors (Lipinski definition) is 0. The maximum Gasteiger partial charge on any atom is 0.312 e. The minimum Gasteiger partial charge on any atom is -0.348 e. The highest BCUT2D eigenvalue weighted by atomic mass is 19.1. The molecule has 1 aromatic heterocycles. The van der Waals surface area contributed by atoms with Gasteiger partial charge in [0.15, 0.2) is 0 Å². The molecule has 0 radical (unpaired) electrons. The average Bonchev–Trinajstić information content (AvgIpc) is 2.64. The molecule has 0 bridgehead atoms. The van der Waals surface area contributed by atoms with E-state index < -0.39 is 4.92 Å². The Morgan fingerprint density at radius 1 is 1.24 bits per heavy atom. The number of aromatic nitrogens is 1. The van der Waals surface area contributed by atoms with Gasteiger partial charge in [-0.1, -0.05) is 12.1 Å². The monoisotopic (exact) mass is 341 g/mol. The quantitative estimate of drug-likeness (QED) is 0.627. The van der Waals surface area contributed by atoms with Crippen molar-refractivity contribution in [1.82, 2.24) is 9.88 Å². The van der Waals surface area contributed by atoms with E-state index in [0.717, 1.165) is 18.7 Å². The number of piperazine rings is 1. The van der Waals surface area contributed by atoms with Gasteiger partial charge in [-0.2, -0.15) is 5.26 Å². The van der Waals surface area contributed by atoms with E-state index >= 15 is 0 Å². The van der Waals surface area contributed by atoms with Gasteiger partial charge in [0.25, 0.3) is 0 Å². The average molecular weight is 341 g/mol. The van der Waals surface area contributed by atoms with Crippen molar-refractivity contribution in [2.45, 2.75) is 6.54 Å². The van der Waals surface area contributed by atoms with Crippen molar-refractivity contribution in [2.75, 3.05) is 31.1 Å². The molecule has 0 amide bonds. The van der Waals surface area contributed by atoms with E-state index in [9.17, 15) is 14.5 Å². The summed E-state index contributed by atoms with van der Waals surface area (Å²) in [4.78, 5) is 18.9. The van der Waals surface area contributed by atoms with Crippen LogP contribution in [0.15, 0.2) is 36.5 Å². The topological polar surface area (TPSA) is 86.3 Å². The van der Waals surface area contributed by atoms with E-state index in [1.807, 2.05) is 11.0 Å². The summed E-state index contributed by atoms with van der Waals surface area (Å²) in [6.45, 7) is 3.34. The molecule has 2 aromatic rings. The van der Waals surface area contributed by atoms with Gasteiger partial charge in [0.2, 0.25) is 5.82 Å². The number of nitrogens with zero attached hydrogens (tertiary/aromatic N) is 5. The third-order valence-corrected chi connectivity index (χ3v) is 4.16. The Kier molecular flexibility index (Phi) is 4.86. The third-order valence-electron chi connectivity index (χ3n) is 4.16. The van der Waals surface area contributed by atoms with E-state index in [4.69, 9.17) is 5.26 Å². The SMILES string of the molecule is N#Cc1cnc(N2CCN(Cc3ccc(F)cc3)CC2)c([N+](=O)[O-])c1. The number of pyridine rings is 1. The van der Waals surface area contributed by atoms with Gasteiger partial charge < -0.3 is 4.90 Å². The Bertz CT molecular complexity index is 811. The standard InChI is InChI=1S/C17H16FN5O2/c18-15-3-1-13(2-4-15)12-21-5-7-22(8-6-21)17-16(23(24)25)9-14(10-19)11-20-17/h1-4,9,11H,5-8,12H2. The molecule has 7 nitrogen and oxygen atoms in total. The van der Waals surface area contributed by atoms with Crippen LogP contribution >= 0.6 is 0 Å². The molecule has 0 atom stereocenters. The van der Waals surface area contributed by atoms with Crippen molar-refractivity contribution in [3.8, 4) is 6.07 Å². The Hall–Kier alpha value is -3.05. The molecule has 8 heteroatoms. The molecular formula is C17H16FN5O2. The molecular weight excluding hydrogens is 325 g/mol. The van der Waals surface area contributed by atoms with E-state index in [0.29, 0.717) is 25.5 Å². The smallest absolute Gasteiger partial charge is 0.312 e. The van der Waals surface area contributed by atoms with Gasteiger partial charge in [-0.15, -0.1) is 0 Å². The summed E-state index contributed by atoms with van der Waals surface area (Å²) in [6, 6.07) is 9.52. The summed E-state index contributed by atoms with van der Waals surface area (Å²) in [7, 11) is 0. The van der Waals surface area contributed by atoms with Crippen LogP contribution in [0, 0.1) is 27.3 Å². The first-order valence-electron chi connectivity index (χ1n) is 7.83. The zero-order valence-corrected chi connectivity index (χ0v) is 13.4. The predicted molar refractivity (Wildman–Crippen MR) is 89.5 cm³/mol. The van der Waals surface area contributed by atoms with E-state index in [-0.39, 0.29) is 17.1 Å². The number of anilines is 1. The molecule has 1 saturated heterocycles. The molecule has 1 aliphatic heterocycles. The van der Waals surface area contributed by atoms with Crippen molar-refractivity contribution in [2.24, 2.45) is 0 Å². The zero-order valence-electron chi connectivity index (χ0n) is 13.4. The van der Waals surface area contributed by atoms with Gasteiger partial charge >= 0.3 is 5.69 Å². The third kappa shape index (κ3) is 3.89. The maximum atomic E-state index is 13.0. The number of benzene rings is 1. The molecule has 0 N–H and O–H groups in total. The van der Waals surface area contributed by atoms with Gasteiger partial charge in [-0.05, 0) is 17.7 Å². The number of rotatable bonds is 4. The zero-order chi connectivity index (χ0) is 17.8. The summed E-state index contributed by atoms with van der Waals surface area (Å²) >= 11 is 0. The Balaban J connectivity index is 1.67. The Morgan fingerprint density at radius 3 is 2.52 bits per heavy atom. The predicted octanol–water partition coefficient (Wildman–Crippen LogP) is 2.32. The highest BCUT2D eigenvalue weighted by Gasteiger charge is 2.25. The van der Waals surface area contributed by atoms with Crippen LogP contribution in [0.5, 0.6) is 0 Å². The van der Waals surface area contributed by atoms with Gasteiger partial charge in [0.05, 0.1) is 10.5 Å². The normalized spacial score (nSPS) is 15.0. The van der Waals surface area contributed by atoms with Gasteiger partial charge in [-0.3, -0.25) is 15.0 Å². The maximum absolute atomic E-state index is 13.0. The molecule has 1 aliphatic rings. The molecule has 0 spiro atoms. The summed E-state index contributed by atoms with van der Waals surface area (Å²) < 4.78 is 13.0. The molecule has 25 heavy (non-hydrogen) atoms. The van der Waals surface area contributed by atoms with Crippen LogP contribution in [0.4, 0.5) is 15.9 Å². The molecule has 2 heterocycles. The van der Waals surface area contributed by atoms with Crippen molar-refractivity contribution < 1.29 is 9.31 Å². The van der Waals surface area contributed by atoms with E-state index in [1.54, 1.807) is 12.1 Å². The lowest BCUT2D eigenvalue weighted by Crippen LogP contribution is -2.46. The van der Waals surface area contributed by atoms with Crippen LogP contribution in [-0.4, -0.2) is 41.0 Å². The molecule has 0 unspecified atom stereocenters. The largest absolute Gasteiger partial charge is 0.348 e. The molecule has 1 aromatic carbocycles. The fraction of sp³-hybridized carbons (Fsp3) is 0.294. The summed E-state index contributed by atoms with van der Waals surface area (Å²) in [5.74, 6) is 0.0400. The van der Waals surface area contributed by atoms with Crippen molar-refractivity contribution in [1.29, 1.82) is 5.26 Å². The number of nitriles is 1. The fourth-order valence-electron chi connectivity index (χ4n) is 2.85. The lowest BCUT2D eigenvalue weighted by atomic mass is 10.2. The first-order chi connectivity index (χ1) is 12.1. The van der Waals surface area contributed by atoms with Crippen molar-refractivity contribution in [3.05, 3.63) is 63.6 Å². The van der Waals surface area contributed by atoms with Crippen LogP contribution in [0.3, 0.4) is 0 Å². The minimum absolute atomic E-state index is 0.147. The van der Waals surface area contributed by atoms with Crippen LogP contribution in [0.2, 0.25) is 0 Å². The van der Waals surface area contributed by atoms with Gasteiger partial charge in [-0.25, -0.2) is 9.37 Å². The lowest BCUT2D eigenvalue weighted by molar-refractivity contribution is -0.384. The Labute approximate surface area is 144 Å². The molecule has 0 aliphatic carbocycles. The second-order valence-electron chi connectivity index (χ2n) is 5.83. The van der Waals surface area contributed by atoms with Crippen molar-refractivity contribution in [3.63, 3.8) is 0 Å². The molecule has 128 valence electrons. The van der Waals surface area contributed by atoms with E-state index in [2.05, 4.69) is 9.88 Å². The van der Waals surface area contributed by atoms with E-state index in [1.165, 1.54) is 24.4 Å². The molecule has 3 rings (SSSR count). The van der Waals surface area contributed by atoms with Gasteiger partial charge in [0, 0.05) is 45.0 Å². The summed E-state index contributed by atoms with van der Waals surface area (Å²) in [6.07, 6.45) is 1.35. The van der Waals surface area contributed by atoms with Gasteiger partial charge in [0.1, 0.15) is 11.9 Å². The van der Waals surface area contributed by atoms with Crippen LogP contribution in [0.1, 0.15) is 11.1 Å². The minimum atomic E-state index is -0.506. The first-order valence-corrected chi connectivity index (χ1v) is 7.83. The highest BCUT2D eigenvalue weighted by Crippen LogP contribution is 2.27. The lowest BCUT2D eigenvalue weighted by Gasteiger charge is -2.35. The number of hydrogen-bond acceptors (Lipinski definition) is 6. The number of nitro groups is 1. The molecule has 0 saturated carbocycles. The summed E-state index contributed by atoms with van der Waals surface area (Å²) in [5, 5.41) is 20.1. The second-order valence-corrected chi connectivity index (χ2v) is 5.83. The molecule has 1 fully saturated rings. The fourth-order valence-corrected chi connectivity index (χ4v) is 2.85. The van der Waals surface area contributed by atoms with Crippen LogP contribution < -0.4 is 4.90 Å². The first kappa shape index (κ1) is 16.8. The highest BCUT2D eigenvalue weighted by molar-refractivity contribution is 5.60.